The number of halogens is 2. The number of hydrogen-bond acceptors (Lipinski definition) is 1. The van der Waals surface area contributed by atoms with E-state index in [-0.39, 0.29) is 51.0 Å². The maximum Gasteiger partial charge on any atom is 3.00 e. The van der Waals surface area contributed by atoms with Crippen LogP contribution in [0, 0.1) is 6.92 Å². The molecule has 5 heteroatoms. The molecule has 1 nitrogen and oxygen atoms in total. The molecule has 1 fully saturated rings. The molecular formula is C32H34Cl2NSiZr. The van der Waals surface area contributed by atoms with E-state index in [4.69, 9.17) is 0 Å². The van der Waals surface area contributed by atoms with Gasteiger partial charge in [-0.2, -0.15) is 6.07 Å². The summed E-state index contributed by atoms with van der Waals surface area (Å²) >= 11 is 0. The first-order valence-electron chi connectivity index (χ1n) is 12.9. The maximum atomic E-state index is 4.42. The Kier molecular flexibility index (Phi) is 9.61. The van der Waals surface area contributed by atoms with Crippen molar-refractivity contribution in [2.24, 2.45) is 4.99 Å². The molecule has 3 aromatic carbocycles. The normalized spacial score (nSPS) is 18.6. The summed E-state index contributed by atoms with van der Waals surface area (Å²) in [6, 6.07) is 20.6. The van der Waals surface area contributed by atoms with Crippen LogP contribution in [0.3, 0.4) is 0 Å². The topological polar surface area (TPSA) is 12.4 Å². The number of nitrogens with zero attached hydrogens (tertiary/aromatic N) is 1. The van der Waals surface area contributed by atoms with Crippen molar-refractivity contribution < 1.29 is 51.0 Å². The molecular weight excluding hydrogens is 589 g/mol. The maximum absolute atomic E-state index is 4.42. The van der Waals surface area contributed by atoms with Crippen LogP contribution in [0.5, 0.6) is 0 Å². The number of hydrogen-bond donors (Lipinski definition) is 0. The third kappa shape index (κ3) is 5.14. The fraction of sp³-hybridized carbons (Fsp3) is 0.312. The van der Waals surface area contributed by atoms with Gasteiger partial charge in [0.15, 0.2) is 0 Å². The summed E-state index contributed by atoms with van der Waals surface area (Å²) in [5.74, 6) is 0.791. The van der Waals surface area contributed by atoms with Gasteiger partial charge in [-0.25, -0.2) is 0 Å². The molecule has 5 aliphatic rings. The van der Waals surface area contributed by atoms with Crippen molar-refractivity contribution in [3.05, 3.63) is 99.0 Å². The zero-order valence-corrected chi connectivity index (χ0v) is 27.1. The average Bonchev–Trinajstić information content (AvgIpc) is 3.56. The summed E-state index contributed by atoms with van der Waals surface area (Å²) in [5.41, 5.74) is 9.87. The van der Waals surface area contributed by atoms with Gasteiger partial charge in [-0.15, -0.1) is 34.5 Å². The fourth-order valence-electron chi connectivity index (χ4n) is 6.88. The van der Waals surface area contributed by atoms with Crippen LogP contribution < -0.4 is 24.8 Å². The Morgan fingerprint density at radius 3 is 2.24 bits per heavy atom. The molecule has 0 aromatic heterocycles. The van der Waals surface area contributed by atoms with Gasteiger partial charge in [-0.05, 0) is 58.9 Å². The molecule has 1 radical (unpaired) electrons. The number of aliphatic imine (C=N–C) groups is 1. The van der Waals surface area contributed by atoms with Gasteiger partial charge in [0.05, 0.1) is 5.70 Å². The SMILES string of the molecule is CC1=C2C3=CC=NC3=C1[Si]2(C)C.Cc1cc2c(-c3ccc(C4CCCCC4)cc3)cccc2[cH-]1.[Cl-].[Cl-].[Zr+3]. The van der Waals surface area contributed by atoms with Crippen LogP contribution in [0.2, 0.25) is 13.1 Å². The Bertz CT molecular complexity index is 1420. The minimum Gasteiger partial charge on any atom is -1.00 e. The zero-order valence-electron chi connectivity index (χ0n) is 22.2. The van der Waals surface area contributed by atoms with Gasteiger partial charge in [-0.1, -0.05) is 75.2 Å². The van der Waals surface area contributed by atoms with E-state index < -0.39 is 8.07 Å². The van der Waals surface area contributed by atoms with Crippen LogP contribution in [0.4, 0.5) is 0 Å². The second-order valence-electron chi connectivity index (χ2n) is 11.0. The molecule has 0 N–H and O–H groups in total. The molecule has 3 heterocycles. The van der Waals surface area contributed by atoms with Crippen molar-refractivity contribution in [3.8, 4) is 11.1 Å². The number of benzene rings is 2. The fourth-order valence-corrected chi connectivity index (χ4v) is 10.7. The Labute approximate surface area is 254 Å². The van der Waals surface area contributed by atoms with Crippen LogP contribution >= 0.6 is 0 Å². The van der Waals surface area contributed by atoms with Crippen molar-refractivity contribution in [2.45, 2.75) is 65.0 Å². The Balaban J connectivity index is 0.000000217. The second-order valence-corrected chi connectivity index (χ2v) is 15.3. The van der Waals surface area contributed by atoms with Crippen molar-refractivity contribution in [1.29, 1.82) is 0 Å². The third-order valence-electron chi connectivity index (χ3n) is 8.40. The molecule has 0 saturated heterocycles. The minimum absolute atomic E-state index is 0. The van der Waals surface area contributed by atoms with Gasteiger partial charge in [0.1, 0.15) is 8.07 Å². The van der Waals surface area contributed by atoms with E-state index in [0.29, 0.717) is 0 Å². The van der Waals surface area contributed by atoms with Crippen LogP contribution in [0.25, 0.3) is 21.9 Å². The summed E-state index contributed by atoms with van der Waals surface area (Å²) < 4.78 is 0. The van der Waals surface area contributed by atoms with Crippen LogP contribution in [0.1, 0.15) is 56.1 Å². The van der Waals surface area contributed by atoms with Crippen LogP contribution in [-0.4, -0.2) is 14.3 Å². The van der Waals surface area contributed by atoms with E-state index in [0.717, 1.165) is 5.92 Å². The molecule has 189 valence electrons. The average molecular weight is 623 g/mol. The Morgan fingerprint density at radius 2 is 1.59 bits per heavy atom. The first-order chi connectivity index (χ1) is 16.4. The van der Waals surface area contributed by atoms with E-state index in [9.17, 15) is 0 Å². The quantitative estimate of drug-likeness (QED) is 0.308. The number of allylic oxidation sites excluding steroid dienone is 4. The van der Waals surface area contributed by atoms with E-state index >= 15 is 0 Å². The summed E-state index contributed by atoms with van der Waals surface area (Å²) in [5, 5.41) is 6.00. The standard InChI is InChI=1S/C22H23.C10H11NSi.2ClH.Zr/c1-16-14-20-8-5-9-21(22(20)15-16)19-12-10-18(11-13-19)17-6-3-2-4-7-17;1-6-9-7-4-5-11-8(7)10(6)12(9,2)3;;;/h5,8-15,17H,2-4,6-7H2,1H3;4-5H,1-3H3;2*1H;/q-1;;;;+3/p-2. The predicted molar refractivity (Wildman–Crippen MR) is 149 cm³/mol. The van der Waals surface area contributed by atoms with Crippen molar-refractivity contribution in [2.75, 3.05) is 0 Å². The van der Waals surface area contributed by atoms with Crippen LogP contribution in [-0.2, 0) is 26.2 Å². The summed E-state index contributed by atoms with van der Waals surface area (Å²) in [6.45, 7) is 9.26. The molecule has 0 unspecified atom stereocenters. The number of fused-ring (bicyclic) bond motifs is 1. The van der Waals surface area contributed by atoms with Gasteiger partial charge in [0.2, 0.25) is 0 Å². The first kappa shape index (κ1) is 30.2. The van der Waals surface area contributed by atoms with Crippen molar-refractivity contribution in [3.63, 3.8) is 0 Å². The third-order valence-corrected chi connectivity index (χ3v) is 12.2. The summed E-state index contributed by atoms with van der Waals surface area (Å²) in [4.78, 5) is 4.42. The molecule has 3 aliphatic heterocycles. The van der Waals surface area contributed by atoms with E-state index in [1.807, 2.05) is 6.21 Å². The molecule has 0 amide bonds. The molecule has 2 bridgehead atoms. The molecule has 37 heavy (non-hydrogen) atoms. The summed E-state index contributed by atoms with van der Waals surface area (Å²) in [6.07, 6.45) is 11.1. The summed E-state index contributed by atoms with van der Waals surface area (Å²) in [7, 11) is -1.13. The second kappa shape index (κ2) is 11.8. The Hall–Kier alpha value is -1.38. The minimum atomic E-state index is -1.13. The van der Waals surface area contributed by atoms with E-state index in [1.54, 1.807) is 10.4 Å². The molecule has 2 aliphatic carbocycles. The molecule has 8 rings (SSSR count). The van der Waals surface area contributed by atoms with Gasteiger partial charge >= 0.3 is 26.2 Å². The number of aryl methyl sites for hydroxylation is 1. The Morgan fingerprint density at radius 1 is 0.892 bits per heavy atom. The smallest absolute Gasteiger partial charge is 1.00 e. The zero-order chi connectivity index (χ0) is 23.4. The van der Waals surface area contributed by atoms with E-state index in [2.05, 4.69) is 92.6 Å². The van der Waals surface area contributed by atoms with E-state index in [1.165, 1.54) is 82.0 Å². The van der Waals surface area contributed by atoms with Crippen molar-refractivity contribution >= 4 is 25.1 Å². The first-order valence-corrected chi connectivity index (χ1v) is 15.9. The van der Waals surface area contributed by atoms with Crippen molar-refractivity contribution in [1.82, 2.24) is 0 Å². The number of rotatable bonds is 2. The largest absolute Gasteiger partial charge is 3.00 e. The van der Waals surface area contributed by atoms with Gasteiger partial charge in [0.25, 0.3) is 0 Å². The monoisotopic (exact) mass is 620 g/mol. The molecule has 1 saturated carbocycles. The predicted octanol–water partition coefficient (Wildman–Crippen LogP) is 2.97. The van der Waals surface area contributed by atoms with Gasteiger partial charge in [-0.3, -0.25) is 4.99 Å². The molecule has 3 aromatic rings. The van der Waals surface area contributed by atoms with Gasteiger partial charge < -0.3 is 24.8 Å². The van der Waals surface area contributed by atoms with Crippen LogP contribution in [0.15, 0.2) is 92.9 Å². The van der Waals surface area contributed by atoms with Gasteiger partial charge in [0, 0.05) is 11.8 Å². The molecule has 0 atom stereocenters. The molecule has 0 spiro atoms.